The van der Waals surface area contributed by atoms with Gasteiger partial charge in [-0.1, -0.05) is 0 Å². The summed E-state index contributed by atoms with van der Waals surface area (Å²) in [5.41, 5.74) is 3.00. The van der Waals surface area contributed by atoms with E-state index in [-0.39, 0.29) is 5.91 Å². The van der Waals surface area contributed by atoms with Gasteiger partial charge in [-0.25, -0.2) is 9.97 Å². The van der Waals surface area contributed by atoms with Crippen LogP contribution in [-0.4, -0.2) is 23.0 Å². The molecule has 6 heteroatoms. The van der Waals surface area contributed by atoms with Crippen LogP contribution < -0.4 is 10.1 Å². The summed E-state index contributed by atoms with van der Waals surface area (Å²) in [5, 5.41) is 4.49. The molecule has 17 heavy (non-hydrogen) atoms. The zero-order valence-electron chi connectivity index (χ0n) is 9.21. The molecule has 0 spiro atoms. The van der Waals surface area contributed by atoms with Gasteiger partial charge in [0.15, 0.2) is 0 Å². The molecule has 88 valence electrons. The van der Waals surface area contributed by atoms with Crippen LogP contribution in [-0.2, 0) is 6.54 Å². The lowest BCUT2D eigenvalue weighted by Gasteiger charge is -2.04. The molecular formula is C11H11N3O2S. The van der Waals surface area contributed by atoms with Gasteiger partial charge in [-0.05, 0) is 11.6 Å². The Morgan fingerprint density at radius 1 is 1.53 bits per heavy atom. The Balaban J connectivity index is 1.95. The van der Waals surface area contributed by atoms with E-state index in [1.165, 1.54) is 11.3 Å². The Kier molecular flexibility index (Phi) is 3.66. The SMILES string of the molecule is COc1cc(CNC(=O)c2cscn2)ccn1. The average molecular weight is 249 g/mol. The monoisotopic (exact) mass is 249 g/mol. The summed E-state index contributed by atoms with van der Waals surface area (Å²) in [7, 11) is 1.56. The quantitative estimate of drug-likeness (QED) is 0.891. The van der Waals surface area contributed by atoms with Crippen LogP contribution in [0, 0.1) is 0 Å². The summed E-state index contributed by atoms with van der Waals surface area (Å²) >= 11 is 1.39. The largest absolute Gasteiger partial charge is 0.481 e. The van der Waals surface area contributed by atoms with Crippen molar-refractivity contribution in [3.8, 4) is 5.88 Å². The predicted octanol–water partition coefficient (Wildman–Crippen LogP) is 1.48. The highest BCUT2D eigenvalue weighted by atomic mass is 32.1. The molecule has 0 unspecified atom stereocenters. The third-order valence-corrected chi connectivity index (χ3v) is 2.71. The third-order valence-electron chi connectivity index (χ3n) is 2.13. The molecule has 1 amide bonds. The Morgan fingerprint density at radius 2 is 2.41 bits per heavy atom. The summed E-state index contributed by atoms with van der Waals surface area (Å²) in [6.07, 6.45) is 1.64. The van der Waals surface area contributed by atoms with E-state index in [1.54, 1.807) is 30.3 Å². The van der Waals surface area contributed by atoms with Crippen LogP contribution in [0.4, 0.5) is 0 Å². The lowest BCUT2D eigenvalue weighted by atomic mass is 10.2. The van der Waals surface area contributed by atoms with Gasteiger partial charge in [-0.15, -0.1) is 11.3 Å². The average Bonchev–Trinajstić information content (AvgIpc) is 2.90. The van der Waals surface area contributed by atoms with Crippen molar-refractivity contribution in [3.05, 3.63) is 40.5 Å². The summed E-state index contributed by atoms with van der Waals surface area (Å²) in [6.45, 7) is 0.426. The molecular weight excluding hydrogens is 238 g/mol. The highest BCUT2D eigenvalue weighted by Crippen LogP contribution is 2.08. The lowest BCUT2D eigenvalue weighted by Crippen LogP contribution is -2.23. The third kappa shape index (κ3) is 3.01. The molecule has 1 N–H and O–H groups in total. The van der Waals surface area contributed by atoms with Crippen molar-refractivity contribution in [1.29, 1.82) is 0 Å². The molecule has 0 radical (unpaired) electrons. The highest BCUT2D eigenvalue weighted by molar-refractivity contribution is 7.07. The zero-order valence-corrected chi connectivity index (χ0v) is 10.0. The van der Waals surface area contributed by atoms with Crippen LogP contribution >= 0.6 is 11.3 Å². The van der Waals surface area contributed by atoms with E-state index in [4.69, 9.17) is 4.74 Å². The van der Waals surface area contributed by atoms with Crippen molar-refractivity contribution >= 4 is 17.2 Å². The summed E-state index contributed by atoms with van der Waals surface area (Å²) in [4.78, 5) is 19.5. The van der Waals surface area contributed by atoms with Gasteiger partial charge >= 0.3 is 0 Å². The number of rotatable bonds is 4. The maximum Gasteiger partial charge on any atom is 0.271 e. The van der Waals surface area contributed by atoms with Gasteiger partial charge in [0.1, 0.15) is 5.69 Å². The fraction of sp³-hybridized carbons (Fsp3) is 0.182. The number of aromatic nitrogens is 2. The van der Waals surface area contributed by atoms with Gasteiger partial charge in [0.25, 0.3) is 5.91 Å². The van der Waals surface area contributed by atoms with Gasteiger partial charge in [-0.3, -0.25) is 4.79 Å². The number of hydrogen-bond donors (Lipinski definition) is 1. The smallest absolute Gasteiger partial charge is 0.271 e. The minimum Gasteiger partial charge on any atom is -0.481 e. The predicted molar refractivity (Wildman–Crippen MR) is 64.1 cm³/mol. The van der Waals surface area contributed by atoms with Crippen molar-refractivity contribution < 1.29 is 9.53 Å². The molecule has 0 saturated heterocycles. The van der Waals surface area contributed by atoms with E-state index < -0.39 is 0 Å². The van der Waals surface area contributed by atoms with E-state index >= 15 is 0 Å². The second-order valence-electron chi connectivity index (χ2n) is 3.26. The number of amides is 1. The molecule has 0 bridgehead atoms. The van der Waals surface area contributed by atoms with Gasteiger partial charge < -0.3 is 10.1 Å². The minimum atomic E-state index is -0.179. The van der Waals surface area contributed by atoms with E-state index in [2.05, 4.69) is 15.3 Å². The molecule has 2 rings (SSSR count). The number of methoxy groups -OCH3 is 1. The molecule has 0 saturated carbocycles. The molecule has 0 fully saturated rings. The number of carbonyl (C=O) groups is 1. The minimum absolute atomic E-state index is 0.179. The first-order valence-electron chi connectivity index (χ1n) is 4.95. The van der Waals surface area contributed by atoms with Crippen LogP contribution in [0.15, 0.2) is 29.2 Å². The van der Waals surface area contributed by atoms with Crippen LogP contribution in [0.1, 0.15) is 16.1 Å². The second kappa shape index (κ2) is 5.40. The van der Waals surface area contributed by atoms with Crippen LogP contribution in [0.2, 0.25) is 0 Å². The van der Waals surface area contributed by atoms with Crippen molar-refractivity contribution in [2.45, 2.75) is 6.54 Å². The number of nitrogens with zero attached hydrogens (tertiary/aromatic N) is 2. The maximum absolute atomic E-state index is 11.6. The van der Waals surface area contributed by atoms with Gasteiger partial charge in [0, 0.05) is 24.2 Å². The van der Waals surface area contributed by atoms with Crippen molar-refractivity contribution in [2.24, 2.45) is 0 Å². The molecule has 0 aliphatic rings. The van der Waals surface area contributed by atoms with Crippen LogP contribution in [0.25, 0.3) is 0 Å². The number of thiazole rings is 1. The van der Waals surface area contributed by atoms with Gasteiger partial charge in [0.05, 0.1) is 12.6 Å². The number of carbonyl (C=O) groups excluding carboxylic acids is 1. The Labute approximate surface area is 102 Å². The lowest BCUT2D eigenvalue weighted by molar-refractivity contribution is 0.0946. The van der Waals surface area contributed by atoms with Crippen LogP contribution in [0.3, 0.4) is 0 Å². The summed E-state index contributed by atoms with van der Waals surface area (Å²) in [5.74, 6) is 0.354. The normalized spacial score (nSPS) is 9.94. The number of ether oxygens (including phenoxy) is 1. The number of pyridine rings is 1. The van der Waals surface area contributed by atoms with E-state index in [0.717, 1.165) is 5.56 Å². The zero-order chi connectivity index (χ0) is 12.1. The van der Waals surface area contributed by atoms with Crippen molar-refractivity contribution in [3.63, 3.8) is 0 Å². The molecule has 0 aliphatic heterocycles. The Hall–Kier alpha value is -1.95. The maximum atomic E-state index is 11.6. The molecule has 0 atom stereocenters. The Morgan fingerprint density at radius 3 is 3.12 bits per heavy atom. The van der Waals surface area contributed by atoms with Crippen molar-refractivity contribution in [1.82, 2.24) is 15.3 Å². The molecule has 0 aliphatic carbocycles. The molecule has 2 heterocycles. The molecule has 2 aromatic rings. The van der Waals surface area contributed by atoms with Crippen LogP contribution in [0.5, 0.6) is 5.88 Å². The first-order chi connectivity index (χ1) is 8.29. The standard InChI is InChI=1S/C11H11N3O2S/c1-16-10-4-8(2-3-12-10)5-13-11(15)9-6-17-7-14-9/h2-4,6-7H,5H2,1H3,(H,13,15). The fourth-order valence-electron chi connectivity index (χ4n) is 1.27. The van der Waals surface area contributed by atoms with Gasteiger partial charge in [0.2, 0.25) is 5.88 Å². The van der Waals surface area contributed by atoms with Crippen molar-refractivity contribution in [2.75, 3.05) is 7.11 Å². The highest BCUT2D eigenvalue weighted by Gasteiger charge is 2.06. The summed E-state index contributed by atoms with van der Waals surface area (Å²) in [6, 6.07) is 3.60. The molecule has 0 aromatic carbocycles. The topological polar surface area (TPSA) is 64.1 Å². The Bertz CT molecular complexity index is 499. The summed E-state index contributed by atoms with van der Waals surface area (Å²) < 4.78 is 5.00. The van der Waals surface area contributed by atoms with E-state index in [9.17, 15) is 4.79 Å². The molecule has 5 nitrogen and oxygen atoms in total. The van der Waals surface area contributed by atoms with E-state index in [0.29, 0.717) is 18.1 Å². The van der Waals surface area contributed by atoms with Gasteiger partial charge in [-0.2, -0.15) is 0 Å². The number of hydrogen-bond acceptors (Lipinski definition) is 5. The number of nitrogens with one attached hydrogen (secondary N) is 1. The van der Waals surface area contributed by atoms with E-state index in [1.807, 2.05) is 6.07 Å². The first-order valence-corrected chi connectivity index (χ1v) is 5.89. The first kappa shape index (κ1) is 11.5. The molecule has 2 aromatic heterocycles. The second-order valence-corrected chi connectivity index (χ2v) is 3.98. The fourth-order valence-corrected chi connectivity index (χ4v) is 1.80.